The average Bonchev–Trinajstić information content (AvgIpc) is 2.80. The summed E-state index contributed by atoms with van der Waals surface area (Å²) in [6, 6.07) is 5.02. The number of nitrogens with zero attached hydrogens (tertiary/aromatic N) is 2. The zero-order valence-electron chi connectivity index (χ0n) is 11.8. The summed E-state index contributed by atoms with van der Waals surface area (Å²) in [5, 5.41) is 8.53. The highest BCUT2D eigenvalue weighted by Gasteiger charge is 2.26. The molecule has 1 heterocycles. The molecule has 2 N–H and O–H groups in total. The van der Waals surface area contributed by atoms with Gasteiger partial charge in [-0.05, 0) is 31.0 Å². The van der Waals surface area contributed by atoms with E-state index in [1.54, 1.807) is 25.1 Å². The summed E-state index contributed by atoms with van der Waals surface area (Å²) in [5.41, 5.74) is 6.19. The van der Waals surface area contributed by atoms with Gasteiger partial charge in [0, 0.05) is 12.1 Å². The lowest BCUT2D eigenvalue weighted by molar-refractivity contribution is -0.123. The van der Waals surface area contributed by atoms with Crippen molar-refractivity contribution in [2.24, 2.45) is 16.1 Å². The maximum absolute atomic E-state index is 11.7. The number of hydrogen-bond donors (Lipinski definition) is 2. The molecule has 0 bridgehead atoms. The van der Waals surface area contributed by atoms with E-state index < -0.39 is 0 Å². The van der Waals surface area contributed by atoms with Gasteiger partial charge in [-0.15, -0.1) is 0 Å². The van der Waals surface area contributed by atoms with Crippen molar-refractivity contribution in [3.63, 3.8) is 0 Å². The van der Waals surface area contributed by atoms with Gasteiger partial charge in [-0.2, -0.15) is 10.2 Å². The molecule has 1 aliphatic heterocycles. The molecule has 22 heavy (non-hydrogen) atoms. The third kappa shape index (κ3) is 4.29. The van der Waals surface area contributed by atoms with E-state index in [1.807, 2.05) is 0 Å². The molecule has 0 saturated heterocycles. The Hall–Kier alpha value is -1.92. The second kappa shape index (κ2) is 7.38. The monoisotopic (exact) mass is 340 g/mol. The minimum absolute atomic E-state index is 0.176. The molecule has 0 unspecified atom stereocenters. The second-order valence-corrected chi connectivity index (χ2v) is 5.60. The average molecular weight is 341 g/mol. The van der Waals surface area contributed by atoms with Crippen molar-refractivity contribution in [3.05, 3.63) is 33.8 Å². The number of hydrogen-bond acceptors (Lipinski definition) is 4. The number of rotatable bonds is 5. The quantitative estimate of drug-likeness (QED) is 0.637. The van der Waals surface area contributed by atoms with E-state index in [-0.39, 0.29) is 24.2 Å². The van der Waals surface area contributed by atoms with Crippen LogP contribution in [0, 0.1) is 5.92 Å². The predicted molar refractivity (Wildman–Crippen MR) is 86.2 cm³/mol. The van der Waals surface area contributed by atoms with E-state index in [9.17, 15) is 9.59 Å². The fraction of sp³-hybridized carbons (Fsp3) is 0.286. The van der Waals surface area contributed by atoms with Gasteiger partial charge in [0.25, 0.3) is 0 Å². The summed E-state index contributed by atoms with van der Waals surface area (Å²) in [5.74, 6) is -0.793. The smallest absolute Gasteiger partial charge is 0.248 e. The van der Waals surface area contributed by atoms with Crippen LogP contribution in [0.5, 0.6) is 0 Å². The van der Waals surface area contributed by atoms with Crippen molar-refractivity contribution in [1.82, 2.24) is 10.9 Å². The van der Waals surface area contributed by atoms with Crippen LogP contribution in [0.4, 0.5) is 0 Å². The highest BCUT2D eigenvalue weighted by Crippen LogP contribution is 2.21. The van der Waals surface area contributed by atoms with Gasteiger partial charge in [0.2, 0.25) is 11.8 Å². The van der Waals surface area contributed by atoms with Crippen LogP contribution in [0.3, 0.4) is 0 Å². The van der Waals surface area contributed by atoms with Crippen molar-refractivity contribution in [1.29, 1.82) is 0 Å². The topological polar surface area (TPSA) is 82.9 Å². The molecule has 1 aromatic carbocycles. The molecule has 2 rings (SSSR count). The zero-order chi connectivity index (χ0) is 16.1. The van der Waals surface area contributed by atoms with Gasteiger partial charge in [-0.3, -0.25) is 9.59 Å². The van der Waals surface area contributed by atoms with Crippen molar-refractivity contribution in [2.75, 3.05) is 0 Å². The van der Waals surface area contributed by atoms with E-state index in [2.05, 4.69) is 21.1 Å². The number of hydrazone groups is 2. The Balaban J connectivity index is 1.80. The van der Waals surface area contributed by atoms with Crippen LogP contribution in [-0.4, -0.2) is 23.7 Å². The van der Waals surface area contributed by atoms with Crippen LogP contribution in [0.2, 0.25) is 10.0 Å². The minimum Gasteiger partial charge on any atom is -0.273 e. The van der Waals surface area contributed by atoms with Gasteiger partial charge in [0.15, 0.2) is 0 Å². The van der Waals surface area contributed by atoms with Crippen LogP contribution in [-0.2, 0) is 9.59 Å². The highest BCUT2D eigenvalue weighted by atomic mass is 35.5. The first-order valence-corrected chi connectivity index (χ1v) is 7.34. The van der Waals surface area contributed by atoms with Crippen LogP contribution in [0.25, 0.3) is 0 Å². The van der Waals surface area contributed by atoms with Gasteiger partial charge in [-0.1, -0.05) is 29.3 Å². The molecule has 0 aliphatic carbocycles. The summed E-state index contributed by atoms with van der Waals surface area (Å²) in [6.45, 7) is 1.75. The molecule has 116 valence electrons. The van der Waals surface area contributed by atoms with E-state index >= 15 is 0 Å². The molecule has 1 atom stereocenters. The fourth-order valence-electron chi connectivity index (χ4n) is 1.93. The molecule has 0 radical (unpaired) electrons. The van der Waals surface area contributed by atoms with Crippen LogP contribution >= 0.6 is 23.2 Å². The van der Waals surface area contributed by atoms with Crippen LogP contribution < -0.4 is 10.9 Å². The van der Waals surface area contributed by atoms with Crippen LogP contribution in [0.15, 0.2) is 28.4 Å². The van der Waals surface area contributed by atoms with E-state index in [0.717, 1.165) is 0 Å². The van der Waals surface area contributed by atoms with Gasteiger partial charge in [-0.25, -0.2) is 10.9 Å². The number of nitrogens with one attached hydrogen (secondary N) is 2. The largest absolute Gasteiger partial charge is 0.273 e. The third-order valence-corrected chi connectivity index (χ3v) is 3.91. The Bertz CT molecular complexity index is 658. The molecule has 6 nitrogen and oxygen atoms in total. The second-order valence-electron chi connectivity index (χ2n) is 4.79. The van der Waals surface area contributed by atoms with Crippen molar-refractivity contribution < 1.29 is 9.59 Å². The molecule has 1 aliphatic rings. The van der Waals surface area contributed by atoms with Crippen molar-refractivity contribution in [2.45, 2.75) is 19.8 Å². The maximum Gasteiger partial charge on any atom is 0.248 e. The summed E-state index contributed by atoms with van der Waals surface area (Å²) in [4.78, 5) is 23.1. The van der Waals surface area contributed by atoms with E-state index in [0.29, 0.717) is 27.7 Å². The summed E-state index contributed by atoms with van der Waals surface area (Å²) >= 11 is 11.7. The molecule has 0 aromatic heterocycles. The highest BCUT2D eigenvalue weighted by molar-refractivity contribution is 6.42. The number of amides is 2. The number of halogens is 2. The first kappa shape index (κ1) is 16.5. The molecule has 0 saturated carbocycles. The third-order valence-electron chi connectivity index (χ3n) is 3.17. The first-order chi connectivity index (χ1) is 10.5. The first-order valence-electron chi connectivity index (χ1n) is 6.58. The molecule has 8 heteroatoms. The molecular weight excluding hydrogens is 327 g/mol. The SMILES string of the molecule is CC1=NNC(=O)[C@@H]1CCC(=O)N/N=C\c1ccc(Cl)c(Cl)c1. The fourth-order valence-corrected chi connectivity index (χ4v) is 2.24. The minimum atomic E-state index is -0.343. The summed E-state index contributed by atoms with van der Waals surface area (Å²) < 4.78 is 0. The number of carbonyl (C=O) groups is 2. The van der Waals surface area contributed by atoms with Gasteiger partial charge < -0.3 is 0 Å². The van der Waals surface area contributed by atoms with Crippen LogP contribution in [0.1, 0.15) is 25.3 Å². The number of carbonyl (C=O) groups excluding carboxylic acids is 2. The molecular formula is C14H14Cl2N4O2. The van der Waals surface area contributed by atoms with E-state index in [4.69, 9.17) is 23.2 Å². The molecule has 0 spiro atoms. The lowest BCUT2D eigenvalue weighted by Gasteiger charge is -2.06. The van der Waals surface area contributed by atoms with Gasteiger partial charge in [0.1, 0.15) is 0 Å². The Morgan fingerprint density at radius 1 is 1.45 bits per heavy atom. The Labute approximate surface area is 137 Å². The van der Waals surface area contributed by atoms with Gasteiger partial charge >= 0.3 is 0 Å². The standard InChI is InChI=1S/C14H14Cl2N4O2/c1-8-10(14(22)20-18-8)3-5-13(21)19-17-7-9-2-4-11(15)12(16)6-9/h2,4,6-7,10H,3,5H2,1H3,(H,19,21)(H,20,22)/b17-7-/t10-/m1/s1. The lowest BCUT2D eigenvalue weighted by atomic mass is 9.99. The normalized spacial score (nSPS) is 17.5. The Morgan fingerprint density at radius 2 is 2.23 bits per heavy atom. The van der Waals surface area contributed by atoms with Crippen molar-refractivity contribution >= 4 is 46.9 Å². The Morgan fingerprint density at radius 3 is 2.86 bits per heavy atom. The number of benzene rings is 1. The molecule has 1 aromatic rings. The van der Waals surface area contributed by atoms with Gasteiger partial charge in [0.05, 0.1) is 22.2 Å². The lowest BCUT2D eigenvalue weighted by Crippen LogP contribution is -2.25. The Kier molecular flexibility index (Phi) is 5.51. The van der Waals surface area contributed by atoms with Crippen molar-refractivity contribution in [3.8, 4) is 0 Å². The maximum atomic E-state index is 11.7. The molecule has 0 fully saturated rings. The summed E-state index contributed by atoms with van der Waals surface area (Å²) in [6.07, 6.45) is 2.05. The predicted octanol–water partition coefficient (Wildman–Crippen LogP) is 2.35. The van der Waals surface area contributed by atoms with E-state index in [1.165, 1.54) is 6.21 Å². The summed E-state index contributed by atoms with van der Waals surface area (Å²) in [7, 11) is 0. The molecule has 2 amide bonds. The zero-order valence-corrected chi connectivity index (χ0v) is 13.3.